The summed E-state index contributed by atoms with van der Waals surface area (Å²) in [7, 11) is 0. The average Bonchev–Trinajstić information content (AvgIpc) is 3.32. The summed E-state index contributed by atoms with van der Waals surface area (Å²) in [5.41, 5.74) is 0.271. The third-order valence-corrected chi connectivity index (χ3v) is 3.98. The Kier molecular flexibility index (Phi) is 4.42. The second-order valence-electron chi connectivity index (χ2n) is 5.46. The van der Waals surface area contributed by atoms with Crippen molar-refractivity contribution in [1.29, 1.82) is 0 Å². The number of amides is 2. The minimum Gasteiger partial charge on any atom is -0.352 e. The molecule has 1 aromatic heterocycles. The lowest BCUT2D eigenvalue weighted by Crippen LogP contribution is -2.40. The van der Waals surface area contributed by atoms with Gasteiger partial charge in [0, 0.05) is 10.5 Å². The molecular formula is C15H15BrN4O3. The van der Waals surface area contributed by atoms with Gasteiger partial charge in [0.15, 0.2) is 0 Å². The Balaban J connectivity index is 1.65. The van der Waals surface area contributed by atoms with Gasteiger partial charge in [-0.25, -0.2) is 4.98 Å². The van der Waals surface area contributed by atoms with Gasteiger partial charge in [-0.15, -0.1) is 0 Å². The summed E-state index contributed by atoms with van der Waals surface area (Å²) in [6, 6.07) is 5.45. The largest absolute Gasteiger partial charge is 0.352 e. The molecule has 1 aliphatic carbocycles. The van der Waals surface area contributed by atoms with Crippen LogP contribution in [0, 0.1) is 0 Å². The molecular weight excluding hydrogens is 364 g/mol. The highest BCUT2D eigenvalue weighted by Gasteiger charge is 2.23. The summed E-state index contributed by atoms with van der Waals surface area (Å²) in [6.07, 6.45) is 3.32. The van der Waals surface area contributed by atoms with Gasteiger partial charge in [0.2, 0.25) is 11.8 Å². The van der Waals surface area contributed by atoms with E-state index in [0.29, 0.717) is 10.9 Å². The number of halogens is 1. The van der Waals surface area contributed by atoms with E-state index in [0.717, 1.165) is 17.3 Å². The summed E-state index contributed by atoms with van der Waals surface area (Å²) < 4.78 is 1.99. The lowest BCUT2D eigenvalue weighted by atomic mass is 10.2. The molecule has 23 heavy (non-hydrogen) atoms. The topological polar surface area (TPSA) is 93.1 Å². The SMILES string of the molecule is O=C(Cn1cnc2ccc(Br)cc2c1=O)NCC(=O)NC1CC1. The standard InChI is InChI=1S/C15H15BrN4O3/c16-9-1-4-12-11(5-9)15(23)20(8-18-12)7-14(22)17-6-13(21)19-10-2-3-10/h1,4-5,8,10H,2-3,6-7H2,(H,17,22)(H,19,21). The second kappa shape index (κ2) is 6.49. The minimum absolute atomic E-state index is 0.0867. The van der Waals surface area contributed by atoms with Gasteiger partial charge >= 0.3 is 0 Å². The molecule has 1 heterocycles. The molecule has 8 heteroatoms. The zero-order valence-corrected chi connectivity index (χ0v) is 13.8. The van der Waals surface area contributed by atoms with Crippen LogP contribution in [0.3, 0.4) is 0 Å². The molecule has 1 aromatic carbocycles. The molecule has 0 bridgehead atoms. The van der Waals surface area contributed by atoms with Gasteiger partial charge in [0.05, 0.1) is 23.8 Å². The highest BCUT2D eigenvalue weighted by atomic mass is 79.9. The van der Waals surface area contributed by atoms with Gasteiger partial charge in [-0.3, -0.25) is 19.0 Å². The van der Waals surface area contributed by atoms with Crippen LogP contribution in [0.5, 0.6) is 0 Å². The van der Waals surface area contributed by atoms with Gasteiger partial charge < -0.3 is 10.6 Å². The number of carbonyl (C=O) groups excluding carboxylic acids is 2. The van der Waals surface area contributed by atoms with Crippen LogP contribution < -0.4 is 16.2 Å². The van der Waals surface area contributed by atoms with Gasteiger partial charge in [0.25, 0.3) is 5.56 Å². The number of benzene rings is 1. The predicted octanol–water partition coefficient (Wildman–Crippen LogP) is 0.554. The highest BCUT2D eigenvalue weighted by molar-refractivity contribution is 9.10. The number of nitrogens with zero attached hydrogens (tertiary/aromatic N) is 2. The van der Waals surface area contributed by atoms with Gasteiger partial charge in [-0.05, 0) is 31.0 Å². The summed E-state index contributed by atoms with van der Waals surface area (Å²) >= 11 is 3.31. The molecule has 2 N–H and O–H groups in total. The minimum atomic E-state index is -0.408. The first-order chi connectivity index (χ1) is 11.0. The molecule has 0 unspecified atom stereocenters. The third-order valence-electron chi connectivity index (χ3n) is 3.49. The van der Waals surface area contributed by atoms with Crippen molar-refractivity contribution in [3.05, 3.63) is 39.4 Å². The van der Waals surface area contributed by atoms with E-state index < -0.39 is 5.91 Å². The van der Waals surface area contributed by atoms with Crippen molar-refractivity contribution in [2.75, 3.05) is 6.54 Å². The summed E-state index contributed by atoms with van der Waals surface area (Å²) in [6.45, 7) is -0.262. The first kappa shape index (κ1) is 15.7. The first-order valence-corrected chi connectivity index (χ1v) is 8.03. The summed E-state index contributed by atoms with van der Waals surface area (Å²) in [5, 5.41) is 5.71. The van der Waals surface area contributed by atoms with Crippen molar-refractivity contribution in [2.45, 2.75) is 25.4 Å². The zero-order valence-electron chi connectivity index (χ0n) is 12.2. The van der Waals surface area contributed by atoms with Crippen molar-refractivity contribution < 1.29 is 9.59 Å². The molecule has 1 saturated carbocycles. The van der Waals surface area contributed by atoms with Crippen LogP contribution >= 0.6 is 15.9 Å². The van der Waals surface area contributed by atoms with Crippen molar-refractivity contribution in [3.8, 4) is 0 Å². The van der Waals surface area contributed by atoms with E-state index in [4.69, 9.17) is 0 Å². The number of nitrogens with one attached hydrogen (secondary N) is 2. The van der Waals surface area contributed by atoms with Crippen LogP contribution in [-0.4, -0.2) is 34.0 Å². The van der Waals surface area contributed by atoms with E-state index in [9.17, 15) is 14.4 Å². The first-order valence-electron chi connectivity index (χ1n) is 7.24. The van der Waals surface area contributed by atoms with E-state index in [2.05, 4.69) is 31.5 Å². The number of carbonyl (C=O) groups is 2. The molecule has 2 amide bonds. The van der Waals surface area contributed by atoms with Crippen LogP contribution in [0.1, 0.15) is 12.8 Å². The Labute approximate surface area is 140 Å². The fourth-order valence-electron chi connectivity index (χ4n) is 2.14. The van der Waals surface area contributed by atoms with Crippen LogP contribution in [-0.2, 0) is 16.1 Å². The van der Waals surface area contributed by atoms with Gasteiger partial charge in [-0.2, -0.15) is 0 Å². The Hall–Kier alpha value is -2.22. The van der Waals surface area contributed by atoms with E-state index in [-0.39, 0.29) is 30.6 Å². The molecule has 7 nitrogen and oxygen atoms in total. The maximum absolute atomic E-state index is 12.4. The lowest BCUT2D eigenvalue weighted by molar-refractivity contribution is -0.126. The number of hydrogen-bond donors (Lipinski definition) is 2. The molecule has 0 atom stereocenters. The monoisotopic (exact) mass is 378 g/mol. The van der Waals surface area contributed by atoms with Crippen LogP contribution in [0.15, 0.2) is 33.8 Å². The summed E-state index contributed by atoms with van der Waals surface area (Å²) in [4.78, 5) is 39.9. The lowest BCUT2D eigenvalue weighted by Gasteiger charge is -2.08. The Morgan fingerprint density at radius 3 is 2.83 bits per heavy atom. The molecule has 1 fully saturated rings. The van der Waals surface area contributed by atoms with Crippen LogP contribution in [0.4, 0.5) is 0 Å². The Morgan fingerprint density at radius 1 is 1.30 bits per heavy atom. The highest BCUT2D eigenvalue weighted by Crippen LogP contribution is 2.18. The van der Waals surface area contributed by atoms with Gasteiger partial charge in [0.1, 0.15) is 6.54 Å². The van der Waals surface area contributed by atoms with E-state index in [1.54, 1.807) is 18.2 Å². The maximum Gasteiger partial charge on any atom is 0.261 e. The smallest absolute Gasteiger partial charge is 0.261 e. The normalized spacial score (nSPS) is 13.8. The van der Waals surface area contributed by atoms with Crippen LogP contribution in [0.25, 0.3) is 10.9 Å². The fourth-order valence-corrected chi connectivity index (χ4v) is 2.50. The second-order valence-corrected chi connectivity index (χ2v) is 6.37. The van der Waals surface area contributed by atoms with Crippen LogP contribution in [0.2, 0.25) is 0 Å². The van der Waals surface area contributed by atoms with Gasteiger partial charge in [-0.1, -0.05) is 15.9 Å². The van der Waals surface area contributed by atoms with Crippen molar-refractivity contribution in [1.82, 2.24) is 20.2 Å². The number of fused-ring (bicyclic) bond motifs is 1. The average molecular weight is 379 g/mol. The number of aromatic nitrogens is 2. The molecule has 2 aromatic rings. The Morgan fingerprint density at radius 2 is 2.09 bits per heavy atom. The molecule has 0 spiro atoms. The van der Waals surface area contributed by atoms with E-state index in [1.807, 2.05) is 0 Å². The molecule has 0 aliphatic heterocycles. The zero-order chi connectivity index (χ0) is 16.4. The quantitative estimate of drug-likeness (QED) is 0.794. The van der Waals surface area contributed by atoms with E-state index in [1.165, 1.54) is 10.9 Å². The molecule has 3 rings (SSSR count). The Bertz CT molecular complexity index is 829. The van der Waals surface area contributed by atoms with Crippen molar-refractivity contribution in [3.63, 3.8) is 0 Å². The summed E-state index contributed by atoms with van der Waals surface area (Å²) in [5.74, 6) is -0.622. The molecule has 120 valence electrons. The van der Waals surface area contributed by atoms with Crippen molar-refractivity contribution in [2.24, 2.45) is 0 Å². The maximum atomic E-state index is 12.4. The number of hydrogen-bond acceptors (Lipinski definition) is 4. The molecule has 0 radical (unpaired) electrons. The van der Waals surface area contributed by atoms with E-state index >= 15 is 0 Å². The third kappa shape index (κ3) is 3.95. The van der Waals surface area contributed by atoms with Crippen molar-refractivity contribution >= 4 is 38.6 Å². The predicted molar refractivity (Wildman–Crippen MR) is 87.9 cm³/mol. The molecule has 0 saturated heterocycles. The molecule has 1 aliphatic rings. The number of rotatable bonds is 5. The fraction of sp³-hybridized carbons (Fsp3) is 0.333.